The number of carboxylic acids is 1. The third kappa shape index (κ3) is 5.04. The highest BCUT2D eigenvalue weighted by molar-refractivity contribution is 7.07. The van der Waals surface area contributed by atoms with Crippen molar-refractivity contribution in [1.82, 2.24) is 4.37 Å². The van der Waals surface area contributed by atoms with E-state index in [-0.39, 0.29) is 0 Å². The number of carbonyl (C=O) groups excluding carboxylic acids is 1. The van der Waals surface area contributed by atoms with E-state index in [2.05, 4.69) is 21.5 Å². The Morgan fingerprint density at radius 2 is 1.84 bits per heavy atom. The van der Waals surface area contributed by atoms with Crippen molar-refractivity contribution in [2.75, 3.05) is 5.32 Å². The van der Waals surface area contributed by atoms with Crippen LogP contribution in [0.3, 0.4) is 0 Å². The maximum absolute atomic E-state index is 12.6. The van der Waals surface area contributed by atoms with E-state index in [1.807, 2.05) is 54.6 Å². The van der Waals surface area contributed by atoms with Crippen LogP contribution in [-0.4, -0.2) is 21.5 Å². The third-order valence-corrected chi connectivity index (χ3v) is 7.79. The van der Waals surface area contributed by atoms with Crippen molar-refractivity contribution in [1.29, 1.82) is 0 Å². The van der Waals surface area contributed by atoms with Crippen LogP contribution in [0.15, 0.2) is 60.7 Å². The molecular formula is C29H23ClN2O4S. The summed E-state index contributed by atoms with van der Waals surface area (Å²) in [4.78, 5) is 24.9. The van der Waals surface area contributed by atoms with Gasteiger partial charge in [0, 0.05) is 16.1 Å². The first-order chi connectivity index (χ1) is 17.8. The summed E-state index contributed by atoms with van der Waals surface area (Å²) in [6.07, 6.45) is 0.205. The molecule has 5 rings (SSSR count). The molecule has 186 valence electrons. The van der Waals surface area contributed by atoms with E-state index in [0.29, 0.717) is 34.1 Å². The first-order valence-electron chi connectivity index (χ1n) is 11.7. The predicted octanol–water partition coefficient (Wildman–Crippen LogP) is 7.08. The third-order valence-electron chi connectivity index (χ3n) is 6.59. The van der Waals surface area contributed by atoms with Crippen LogP contribution in [0.1, 0.15) is 53.1 Å². The molecule has 1 amide bonds. The zero-order valence-electron chi connectivity index (χ0n) is 20.2. The summed E-state index contributed by atoms with van der Waals surface area (Å²) >= 11 is 7.42. The lowest BCUT2D eigenvalue weighted by Gasteiger charge is -2.15. The molecule has 0 radical (unpaired) electrons. The van der Waals surface area contributed by atoms with Gasteiger partial charge in [-0.2, -0.15) is 4.37 Å². The van der Waals surface area contributed by atoms with Gasteiger partial charge in [0.25, 0.3) is 0 Å². The lowest BCUT2D eigenvalue weighted by atomic mass is 9.93. The lowest BCUT2D eigenvalue weighted by Crippen LogP contribution is -2.19. The second kappa shape index (κ2) is 9.89. The van der Waals surface area contributed by atoms with Crippen LogP contribution in [0.4, 0.5) is 10.5 Å². The Kier molecular flexibility index (Phi) is 6.63. The molecule has 3 aromatic carbocycles. The summed E-state index contributed by atoms with van der Waals surface area (Å²) in [7, 11) is 0. The van der Waals surface area contributed by atoms with Crippen LogP contribution in [0.2, 0.25) is 5.02 Å². The molecule has 0 unspecified atom stereocenters. The largest absolute Gasteiger partial charge is 0.481 e. The second-order valence-electron chi connectivity index (χ2n) is 9.08. The molecule has 1 aromatic heterocycles. The second-order valence-corrected chi connectivity index (χ2v) is 10.3. The number of halogens is 1. The fraction of sp³-hybridized carbons (Fsp3) is 0.207. The number of aliphatic carboxylic acids is 1. The van der Waals surface area contributed by atoms with Gasteiger partial charge in [-0.25, -0.2) is 4.79 Å². The monoisotopic (exact) mass is 530 g/mol. The van der Waals surface area contributed by atoms with Crippen molar-refractivity contribution >= 4 is 51.7 Å². The fourth-order valence-electron chi connectivity index (χ4n) is 4.26. The summed E-state index contributed by atoms with van der Waals surface area (Å²) in [6, 6.07) is 18.8. The van der Waals surface area contributed by atoms with Gasteiger partial charge < -0.3 is 9.84 Å². The van der Waals surface area contributed by atoms with Crippen LogP contribution >= 0.6 is 23.1 Å². The van der Waals surface area contributed by atoms with Gasteiger partial charge in [-0.1, -0.05) is 60.0 Å². The summed E-state index contributed by atoms with van der Waals surface area (Å²) in [6.45, 7) is 3.56. The smallest absolute Gasteiger partial charge is 0.412 e. The first-order valence-corrected chi connectivity index (χ1v) is 12.9. The molecule has 1 atom stereocenters. The van der Waals surface area contributed by atoms with E-state index in [0.717, 1.165) is 27.5 Å². The van der Waals surface area contributed by atoms with E-state index in [1.165, 1.54) is 11.5 Å². The molecule has 0 aliphatic heterocycles. The number of ether oxygens (including phenoxy) is 1. The van der Waals surface area contributed by atoms with Gasteiger partial charge in [-0.05, 0) is 78.7 Å². The van der Waals surface area contributed by atoms with Crippen LogP contribution in [0, 0.1) is 18.8 Å². The highest BCUT2D eigenvalue weighted by Crippen LogP contribution is 2.49. The molecule has 0 spiro atoms. The molecule has 2 N–H and O–H groups in total. The Morgan fingerprint density at radius 1 is 1.11 bits per heavy atom. The number of aromatic nitrogens is 1. The standard InChI is InChI=1S/C29H23ClN2O4S/c1-17-26(31-28(35)36-18(2)23-5-3-4-6-24(23)30)25(37-32-17)12-8-19-7-9-21-16-22(11-10-20(21)15-19)29(13-14-29)27(33)34/h3-7,9-11,15-16,18H,13-14H2,1-2H3,(H,31,35)(H,33,34)/t18-/m1/s1. The van der Waals surface area contributed by atoms with Crippen LogP contribution < -0.4 is 5.32 Å². The van der Waals surface area contributed by atoms with E-state index < -0.39 is 23.6 Å². The molecule has 8 heteroatoms. The summed E-state index contributed by atoms with van der Waals surface area (Å²) in [5.41, 5.74) is 2.80. The Morgan fingerprint density at radius 3 is 2.57 bits per heavy atom. The van der Waals surface area contributed by atoms with Gasteiger partial charge in [0.1, 0.15) is 11.0 Å². The van der Waals surface area contributed by atoms with Crippen molar-refractivity contribution in [2.45, 2.75) is 38.2 Å². The van der Waals surface area contributed by atoms with Gasteiger partial charge in [-0.3, -0.25) is 10.1 Å². The number of hydrogen-bond donors (Lipinski definition) is 2. The van der Waals surface area contributed by atoms with Gasteiger partial charge in [-0.15, -0.1) is 0 Å². The van der Waals surface area contributed by atoms with Crippen LogP contribution in [0.25, 0.3) is 10.8 Å². The number of anilines is 1. The Bertz CT molecular complexity index is 1600. The average Bonchev–Trinajstić information content (AvgIpc) is 3.63. The molecule has 1 fully saturated rings. The van der Waals surface area contributed by atoms with Gasteiger partial charge >= 0.3 is 12.1 Å². The lowest BCUT2D eigenvalue weighted by molar-refractivity contribution is -0.140. The Labute approximate surface area is 223 Å². The van der Waals surface area contributed by atoms with Crippen LogP contribution in [0.5, 0.6) is 0 Å². The Hall–Kier alpha value is -3.86. The topological polar surface area (TPSA) is 88.5 Å². The predicted molar refractivity (Wildman–Crippen MR) is 145 cm³/mol. The molecule has 4 aromatic rings. The van der Waals surface area contributed by atoms with Crippen molar-refractivity contribution < 1.29 is 19.4 Å². The number of carbonyl (C=O) groups is 2. The molecule has 0 bridgehead atoms. The highest BCUT2D eigenvalue weighted by atomic mass is 35.5. The van der Waals surface area contributed by atoms with Crippen molar-refractivity contribution in [3.05, 3.63) is 92.9 Å². The molecule has 37 heavy (non-hydrogen) atoms. The fourth-order valence-corrected chi connectivity index (χ4v) is 5.26. The molecule has 1 saturated carbocycles. The molecule has 6 nitrogen and oxygen atoms in total. The number of nitrogens with zero attached hydrogens (tertiary/aromatic N) is 1. The number of nitrogens with one attached hydrogen (secondary N) is 1. The maximum atomic E-state index is 12.6. The highest BCUT2D eigenvalue weighted by Gasteiger charge is 2.51. The normalized spacial score (nSPS) is 14.4. The van der Waals surface area contributed by atoms with Gasteiger partial charge in [0.15, 0.2) is 0 Å². The quantitative estimate of drug-likeness (QED) is 0.269. The number of fused-ring (bicyclic) bond motifs is 1. The first kappa shape index (κ1) is 24.8. The molecule has 1 aliphatic rings. The van der Waals surface area contributed by atoms with Crippen molar-refractivity contribution in [3.8, 4) is 11.8 Å². The number of aryl methyl sites for hydroxylation is 1. The van der Waals surface area contributed by atoms with E-state index in [1.54, 1.807) is 19.9 Å². The van der Waals surface area contributed by atoms with E-state index in [9.17, 15) is 14.7 Å². The minimum Gasteiger partial charge on any atom is -0.481 e. The number of rotatable bonds is 5. The number of amides is 1. The summed E-state index contributed by atoms with van der Waals surface area (Å²) in [5, 5.41) is 14.8. The van der Waals surface area contributed by atoms with E-state index in [4.69, 9.17) is 16.3 Å². The number of benzene rings is 3. The van der Waals surface area contributed by atoms with Crippen molar-refractivity contribution in [2.24, 2.45) is 0 Å². The molecule has 1 heterocycles. The molecular weight excluding hydrogens is 508 g/mol. The van der Waals surface area contributed by atoms with Crippen LogP contribution in [-0.2, 0) is 14.9 Å². The number of carboxylic acid groups (broad SMARTS) is 1. The Balaban J connectivity index is 1.32. The average molecular weight is 531 g/mol. The molecule has 0 saturated heterocycles. The summed E-state index contributed by atoms with van der Waals surface area (Å²) < 4.78 is 9.86. The summed E-state index contributed by atoms with van der Waals surface area (Å²) in [5.74, 6) is 5.50. The van der Waals surface area contributed by atoms with Crippen molar-refractivity contribution in [3.63, 3.8) is 0 Å². The minimum absolute atomic E-state index is 0.516. The van der Waals surface area contributed by atoms with Gasteiger partial charge in [0.2, 0.25) is 0 Å². The van der Waals surface area contributed by atoms with Gasteiger partial charge in [0.05, 0.1) is 16.8 Å². The number of hydrogen-bond acceptors (Lipinski definition) is 5. The maximum Gasteiger partial charge on any atom is 0.412 e. The zero-order valence-corrected chi connectivity index (χ0v) is 21.7. The minimum atomic E-state index is -0.763. The molecule has 1 aliphatic carbocycles. The zero-order chi connectivity index (χ0) is 26.2. The van der Waals surface area contributed by atoms with E-state index >= 15 is 0 Å². The SMILES string of the molecule is Cc1nsc(C#Cc2ccc3cc(C4(C(=O)O)CC4)ccc3c2)c1NC(=O)O[C@H](C)c1ccccc1Cl.